The molecule has 1 heterocycles. The number of aromatic nitrogens is 1. The molecule has 0 bridgehead atoms. The zero-order valence-corrected chi connectivity index (χ0v) is 18.1. The molecule has 0 unspecified atom stereocenters. The van der Waals surface area contributed by atoms with Gasteiger partial charge in [-0.25, -0.2) is 0 Å². The van der Waals surface area contributed by atoms with Gasteiger partial charge in [0.05, 0.1) is 5.52 Å². The average Bonchev–Trinajstić information content (AvgIpc) is 2.81. The Labute approximate surface area is 188 Å². The van der Waals surface area contributed by atoms with Crippen LogP contribution in [0.2, 0.25) is 5.02 Å². The molecule has 0 saturated heterocycles. The molecule has 31 heavy (non-hydrogen) atoms. The van der Waals surface area contributed by atoms with Gasteiger partial charge in [-0.1, -0.05) is 54.1 Å². The van der Waals surface area contributed by atoms with Crippen molar-refractivity contribution in [2.75, 3.05) is 10.6 Å². The minimum atomic E-state index is 0.481. The van der Waals surface area contributed by atoms with Crippen LogP contribution in [0.4, 0.5) is 11.4 Å². The van der Waals surface area contributed by atoms with Gasteiger partial charge in [0.2, 0.25) is 0 Å². The lowest BCUT2D eigenvalue weighted by Crippen LogP contribution is -2.32. The predicted octanol–water partition coefficient (Wildman–Crippen LogP) is 7.39. The van der Waals surface area contributed by atoms with Crippen molar-refractivity contribution < 1.29 is 0 Å². The van der Waals surface area contributed by atoms with Crippen molar-refractivity contribution in [2.45, 2.75) is 37.8 Å². The molecular weight excluding hydrogens is 402 g/mol. The van der Waals surface area contributed by atoms with Crippen LogP contribution in [0.15, 0.2) is 85.1 Å². The lowest BCUT2D eigenvalue weighted by molar-refractivity contribution is 0.429. The Morgan fingerprint density at radius 1 is 0.710 bits per heavy atom. The number of anilines is 2. The van der Waals surface area contributed by atoms with E-state index < -0.39 is 0 Å². The molecule has 1 saturated carbocycles. The van der Waals surface area contributed by atoms with E-state index in [0.29, 0.717) is 12.1 Å². The van der Waals surface area contributed by atoms with Crippen LogP contribution in [0.1, 0.15) is 25.7 Å². The van der Waals surface area contributed by atoms with E-state index in [1.807, 2.05) is 18.3 Å². The van der Waals surface area contributed by atoms with E-state index in [0.717, 1.165) is 47.3 Å². The quantitative estimate of drug-likeness (QED) is 0.348. The van der Waals surface area contributed by atoms with Gasteiger partial charge in [0, 0.05) is 40.1 Å². The van der Waals surface area contributed by atoms with Gasteiger partial charge in [0.25, 0.3) is 0 Å². The molecule has 1 aromatic heterocycles. The molecule has 0 amide bonds. The number of pyridine rings is 1. The van der Waals surface area contributed by atoms with Gasteiger partial charge in [-0.3, -0.25) is 4.98 Å². The molecule has 0 radical (unpaired) electrons. The number of benzene rings is 3. The fourth-order valence-electron chi connectivity index (χ4n) is 4.50. The Morgan fingerprint density at radius 2 is 1.45 bits per heavy atom. The molecule has 1 fully saturated rings. The molecule has 5 rings (SSSR count). The molecule has 0 aliphatic heterocycles. The maximum Gasteiger partial charge on any atom is 0.0737 e. The van der Waals surface area contributed by atoms with Gasteiger partial charge in [0.1, 0.15) is 0 Å². The summed E-state index contributed by atoms with van der Waals surface area (Å²) in [6.45, 7) is 0. The lowest BCUT2D eigenvalue weighted by atomic mass is 9.90. The van der Waals surface area contributed by atoms with Crippen LogP contribution in [0.5, 0.6) is 0 Å². The summed E-state index contributed by atoms with van der Waals surface area (Å²) in [6, 6.07) is 28.3. The summed E-state index contributed by atoms with van der Waals surface area (Å²) < 4.78 is 0. The van der Waals surface area contributed by atoms with Crippen molar-refractivity contribution in [1.29, 1.82) is 0 Å². The summed E-state index contributed by atoms with van der Waals surface area (Å²) in [7, 11) is 0. The van der Waals surface area contributed by atoms with Crippen LogP contribution in [0.3, 0.4) is 0 Å². The van der Waals surface area contributed by atoms with E-state index in [9.17, 15) is 0 Å². The summed E-state index contributed by atoms with van der Waals surface area (Å²) >= 11 is 6.12. The normalized spacial score (nSPS) is 18.6. The maximum atomic E-state index is 6.12. The van der Waals surface area contributed by atoms with Gasteiger partial charge >= 0.3 is 0 Å². The van der Waals surface area contributed by atoms with Gasteiger partial charge in [-0.15, -0.1) is 0 Å². The minimum absolute atomic E-state index is 0.481. The highest BCUT2D eigenvalue weighted by atomic mass is 35.5. The van der Waals surface area contributed by atoms with Gasteiger partial charge in [-0.05, 0) is 73.2 Å². The smallest absolute Gasteiger partial charge is 0.0737 e. The van der Waals surface area contributed by atoms with E-state index in [-0.39, 0.29) is 0 Å². The van der Waals surface area contributed by atoms with Gasteiger partial charge in [-0.2, -0.15) is 0 Å². The third kappa shape index (κ3) is 4.67. The molecule has 1 aliphatic rings. The van der Waals surface area contributed by atoms with E-state index in [1.165, 1.54) is 16.8 Å². The standard InChI is InChI=1S/C27H26ClN3/c28-21-9-14-25-26(15-16-29-27(25)18-21)31-23-12-10-22(11-13-23)30-24-8-4-7-20(17-24)19-5-2-1-3-6-19/h1-9,14-18,22-23,30H,10-13H2,(H,29,31). The second kappa shape index (κ2) is 8.99. The first-order valence-corrected chi connectivity index (χ1v) is 11.4. The van der Waals surface area contributed by atoms with Crippen LogP contribution < -0.4 is 10.6 Å². The van der Waals surface area contributed by atoms with Crippen molar-refractivity contribution in [3.8, 4) is 11.1 Å². The van der Waals surface area contributed by atoms with Crippen molar-refractivity contribution >= 4 is 33.9 Å². The zero-order valence-electron chi connectivity index (χ0n) is 17.4. The highest BCUT2D eigenvalue weighted by molar-refractivity contribution is 6.31. The summed E-state index contributed by atoms with van der Waals surface area (Å²) in [5.41, 5.74) is 5.80. The third-order valence-corrected chi connectivity index (χ3v) is 6.37. The monoisotopic (exact) mass is 427 g/mol. The third-order valence-electron chi connectivity index (χ3n) is 6.13. The average molecular weight is 428 g/mol. The number of halogens is 1. The molecule has 0 spiro atoms. The second-order valence-electron chi connectivity index (χ2n) is 8.30. The molecule has 1 aliphatic carbocycles. The van der Waals surface area contributed by atoms with Crippen LogP contribution in [0, 0.1) is 0 Å². The maximum absolute atomic E-state index is 6.12. The molecule has 4 aromatic rings. The van der Waals surface area contributed by atoms with Crippen molar-refractivity contribution in [1.82, 2.24) is 4.98 Å². The molecular formula is C27H26ClN3. The zero-order chi connectivity index (χ0) is 21.0. The van der Waals surface area contributed by atoms with Gasteiger partial charge < -0.3 is 10.6 Å². The number of nitrogens with zero attached hydrogens (tertiary/aromatic N) is 1. The Balaban J connectivity index is 1.21. The fraction of sp³-hybridized carbons (Fsp3) is 0.222. The van der Waals surface area contributed by atoms with Gasteiger partial charge in [0.15, 0.2) is 0 Å². The van der Waals surface area contributed by atoms with Crippen LogP contribution in [0.25, 0.3) is 22.0 Å². The Hall–Kier alpha value is -3.04. The molecule has 0 atom stereocenters. The Morgan fingerprint density at radius 3 is 2.26 bits per heavy atom. The molecule has 2 N–H and O–H groups in total. The minimum Gasteiger partial charge on any atom is -0.382 e. The summed E-state index contributed by atoms with van der Waals surface area (Å²) in [5, 5.41) is 9.36. The largest absolute Gasteiger partial charge is 0.382 e. The van der Waals surface area contributed by atoms with E-state index in [1.54, 1.807) is 0 Å². The Kier molecular flexibility index (Phi) is 5.77. The van der Waals surface area contributed by atoms with Crippen LogP contribution in [-0.2, 0) is 0 Å². The second-order valence-corrected chi connectivity index (χ2v) is 8.74. The van der Waals surface area contributed by atoms with Crippen LogP contribution in [-0.4, -0.2) is 17.1 Å². The highest BCUT2D eigenvalue weighted by Crippen LogP contribution is 2.30. The lowest BCUT2D eigenvalue weighted by Gasteiger charge is -2.31. The summed E-state index contributed by atoms with van der Waals surface area (Å²) in [5.74, 6) is 0. The molecule has 4 heteroatoms. The van der Waals surface area contributed by atoms with Crippen LogP contribution >= 0.6 is 11.6 Å². The number of fused-ring (bicyclic) bond motifs is 1. The SMILES string of the molecule is Clc1ccc2c(NC3CCC(Nc4cccc(-c5ccccc5)c4)CC3)ccnc2c1. The highest BCUT2D eigenvalue weighted by Gasteiger charge is 2.21. The summed E-state index contributed by atoms with van der Waals surface area (Å²) in [4.78, 5) is 4.45. The first-order chi connectivity index (χ1) is 15.2. The number of hydrogen-bond acceptors (Lipinski definition) is 3. The molecule has 3 nitrogen and oxygen atoms in total. The van der Waals surface area contributed by atoms with Crippen molar-refractivity contribution in [3.05, 3.63) is 90.1 Å². The topological polar surface area (TPSA) is 37.0 Å². The van der Waals surface area contributed by atoms with Crippen molar-refractivity contribution in [2.24, 2.45) is 0 Å². The number of rotatable bonds is 5. The summed E-state index contributed by atoms with van der Waals surface area (Å²) in [6.07, 6.45) is 6.46. The molecule has 3 aromatic carbocycles. The van der Waals surface area contributed by atoms with E-state index in [2.05, 4.69) is 82.3 Å². The van der Waals surface area contributed by atoms with Crippen molar-refractivity contribution in [3.63, 3.8) is 0 Å². The Bertz CT molecular complexity index is 1170. The first-order valence-electron chi connectivity index (χ1n) is 11.0. The van der Waals surface area contributed by atoms with E-state index in [4.69, 9.17) is 11.6 Å². The molecule has 156 valence electrons. The first kappa shape index (κ1) is 19.9. The van der Waals surface area contributed by atoms with E-state index >= 15 is 0 Å². The number of nitrogens with one attached hydrogen (secondary N) is 2. The fourth-order valence-corrected chi connectivity index (χ4v) is 4.67. The predicted molar refractivity (Wildman–Crippen MR) is 132 cm³/mol. The number of hydrogen-bond donors (Lipinski definition) is 2.